The van der Waals surface area contributed by atoms with Crippen molar-refractivity contribution in [3.63, 3.8) is 0 Å². The zero-order valence-corrected chi connectivity index (χ0v) is 23.7. The lowest BCUT2D eigenvalue weighted by Gasteiger charge is -2.15. The Morgan fingerprint density at radius 2 is 1.00 bits per heavy atom. The van der Waals surface area contributed by atoms with Crippen LogP contribution in [-0.4, -0.2) is 11.9 Å². The molecule has 1 aromatic carbocycles. The van der Waals surface area contributed by atoms with Crippen LogP contribution < -0.4 is 9.47 Å². The molecule has 0 amide bonds. The van der Waals surface area contributed by atoms with E-state index in [1.807, 2.05) is 12.1 Å². The number of benzene rings is 1. The number of aryl methyl sites for hydroxylation is 1. The molecule has 0 saturated carbocycles. The van der Waals surface area contributed by atoms with E-state index in [9.17, 15) is 9.59 Å². The molecule has 0 aliphatic carbocycles. The van der Waals surface area contributed by atoms with E-state index in [4.69, 9.17) is 9.47 Å². The van der Waals surface area contributed by atoms with Crippen LogP contribution in [0.1, 0.15) is 155 Å². The van der Waals surface area contributed by atoms with Crippen molar-refractivity contribution in [2.45, 2.75) is 156 Å². The van der Waals surface area contributed by atoms with Crippen molar-refractivity contribution in [3.05, 3.63) is 23.8 Å². The highest BCUT2D eigenvalue weighted by molar-refractivity contribution is 5.76. The quantitative estimate of drug-likeness (QED) is 0.0848. The summed E-state index contributed by atoms with van der Waals surface area (Å²) in [4.78, 5) is 25.2. The van der Waals surface area contributed by atoms with Crippen LogP contribution in [0.2, 0.25) is 0 Å². The Kier molecular flexibility index (Phi) is 20.0. The van der Waals surface area contributed by atoms with Gasteiger partial charge in [-0.1, -0.05) is 129 Å². The fourth-order valence-corrected chi connectivity index (χ4v) is 4.49. The number of carbonyl (C=O) groups is 2. The van der Waals surface area contributed by atoms with Gasteiger partial charge in [0, 0.05) is 12.8 Å². The van der Waals surface area contributed by atoms with Gasteiger partial charge in [0.2, 0.25) is 0 Å². The van der Waals surface area contributed by atoms with E-state index < -0.39 is 0 Å². The van der Waals surface area contributed by atoms with Crippen LogP contribution in [0.15, 0.2) is 18.2 Å². The summed E-state index contributed by atoms with van der Waals surface area (Å²) in [5.41, 5.74) is 0.959. The first-order valence-corrected chi connectivity index (χ1v) is 15.2. The van der Waals surface area contributed by atoms with Gasteiger partial charge in [-0.2, -0.15) is 0 Å². The molecule has 0 aliphatic rings. The third kappa shape index (κ3) is 16.0. The number of rotatable bonds is 23. The first kappa shape index (κ1) is 32.2. The molecule has 0 atom stereocenters. The molecule has 1 rings (SSSR count). The first-order valence-electron chi connectivity index (χ1n) is 15.2. The molecule has 0 fully saturated rings. The Morgan fingerprint density at radius 3 is 1.53 bits per heavy atom. The van der Waals surface area contributed by atoms with Crippen molar-refractivity contribution in [2.24, 2.45) is 0 Å². The number of unbranched alkanes of at least 4 members (excludes halogenated alkanes) is 15. The van der Waals surface area contributed by atoms with Crippen LogP contribution in [0.25, 0.3) is 0 Å². The summed E-state index contributed by atoms with van der Waals surface area (Å²) in [6, 6.07) is 5.66. The topological polar surface area (TPSA) is 52.6 Å². The van der Waals surface area contributed by atoms with Crippen molar-refractivity contribution in [1.82, 2.24) is 0 Å². The van der Waals surface area contributed by atoms with Gasteiger partial charge in [0.15, 0.2) is 11.5 Å². The molecule has 0 aromatic heterocycles. The van der Waals surface area contributed by atoms with Crippen LogP contribution in [0.3, 0.4) is 0 Å². The van der Waals surface area contributed by atoms with Gasteiger partial charge in [-0.3, -0.25) is 9.59 Å². The van der Waals surface area contributed by atoms with E-state index in [0.717, 1.165) is 50.5 Å². The minimum Gasteiger partial charge on any atom is -0.423 e. The van der Waals surface area contributed by atoms with Gasteiger partial charge in [0.1, 0.15) is 0 Å². The van der Waals surface area contributed by atoms with Crippen LogP contribution in [0, 0.1) is 0 Å². The smallest absolute Gasteiger partial charge is 0.311 e. The Labute approximate surface area is 221 Å². The zero-order chi connectivity index (χ0) is 26.3. The summed E-state index contributed by atoms with van der Waals surface area (Å²) in [5.74, 6) is 0.378. The maximum atomic E-state index is 12.7. The van der Waals surface area contributed by atoms with E-state index in [1.165, 1.54) is 77.0 Å². The third-order valence-electron chi connectivity index (χ3n) is 6.77. The van der Waals surface area contributed by atoms with Gasteiger partial charge in [0.25, 0.3) is 0 Å². The van der Waals surface area contributed by atoms with E-state index in [0.29, 0.717) is 24.3 Å². The number of esters is 2. The van der Waals surface area contributed by atoms with Gasteiger partial charge in [-0.25, -0.2) is 0 Å². The van der Waals surface area contributed by atoms with E-state index in [1.54, 1.807) is 6.07 Å². The molecule has 0 N–H and O–H groups in total. The normalized spacial score (nSPS) is 11.0. The van der Waals surface area contributed by atoms with Crippen LogP contribution in [0.5, 0.6) is 11.5 Å². The summed E-state index contributed by atoms with van der Waals surface area (Å²) in [6.45, 7) is 6.64. The molecule has 1 aromatic rings. The highest BCUT2D eigenvalue weighted by Gasteiger charge is 2.18. The van der Waals surface area contributed by atoms with Gasteiger partial charge >= 0.3 is 11.9 Å². The lowest BCUT2D eigenvalue weighted by Crippen LogP contribution is -2.13. The lowest BCUT2D eigenvalue weighted by molar-refractivity contribution is -0.137. The number of ether oxygens (including phenoxy) is 2. The maximum Gasteiger partial charge on any atom is 0.311 e. The molecule has 0 aliphatic heterocycles. The minimum atomic E-state index is -0.240. The molecule has 0 spiro atoms. The molecule has 4 heteroatoms. The average Bonchev–Trinajstić information content (AvgIpc) is 2.87. The Bertz CT molecular complexity index is 697. The minimum absolute atomic E-state index is 0.228. The second-order valence-electron chi connectivity index (χ2n) is 10.2. The van der Waals surface area contributed by atoms with Gasteiger partial charge < -0.3 is 9.47 Å². The number of carbonyl (C=O) groups excluding carboxylic acids is 2. The average molecular weight is 503 g/mol. The van der Waals surface area contributed by atoms with Crippen molar-refractivity contribution in [2.75, 3.05) is 0 Å². The summed E-state index contributed by atoms with van der Waals surface area (Å²) >= 11 is 0. The fraction of sp³-hybridized carbons (Fsp3) is 0.750. The summed E-state index contributed by atoms with van der Waals surface area (Å²) in [6.07, 6.45) is 22.4. The van der Waals surface area contributed by atoms with Gasteiger partial charge in [-0.05, 0) is 37.3 Å². The van der Waals surface area contributed by atoms with Crippen LogP contribution in [0.4, 0.5) is 0 Å². The molecule has 4 nitrogen and oxygen atoms in total. The van der Waals surface area contributed by atoms with Crippen molar-refractivity contribution in [3.8, 4) is 11.5 Å². The predicted octanol–water partition coefficient (Wildman–Crippen LogP) is 9.90. The standard InChI is InChI=1S/C32H54O4/c1-4-7-10-13-15-17-20-26-30(33)35-29-25-22-24-28(23-19-12-9-6-3)32(29)36-31(34)27-21-18-16-14-11-8-5-2/h22,24-25H,4-21,23,26-27H2,1-3H3. The van der Waals surface area contributed by atoms with Crippen LogP contribution >= 0.6 is 0 Å². The molecule has 36 heavy (non-hydrogen) atoms. The largest absolute Gasteiger partial charge is 0.423 e. The molecular formula is C32H54O4. The van der Waals surface area contributed by atoms with E-state index >= 15 is 0 Å². The summed E-state index contributed by atoms with van der Waals surface area (Å²) < 4.78 is 11.6. The second kappa shape index (κ2) is 22.4. The summed E-state index contributed by atoms with van der Waals surface area (Å²) in [7, 11) is 0. The van der Waals surface area contributed by atoms with Crippen LogP contribution in [-0.2, 0) is 16.0 Å². The van der Waals surface area contributed by atoms with Crippen molar-refractivity contribution < 1.29 is 19.1 Å². The number of hydrogen-bond donors (Lipinski definition) is 0. The highest BCUT2D eigenvalue weighted by atomic mass is 16.6. The molecule has 0 unspecified atom stereocenters. The molecule has 0 bridgehead atoms. The van der Waals surface area contributed by atoms with Gasteiger partial charge in [-0.15, -0.1) is 0 Å². The molecule has 206 valence electrons. The Balaban J connectivity index is 2.63. The second-order valence-corrected chi connectivity index (χ2v) is 10.2. The Hall–Kier alpha value is -1.84. The van der Waals surface area contributed by atoms with E-state index in [2.05, 4.69) is 20.8 Å². The molecule has 0 heterocycles. The molecular weight excluding hydrogens is 448 g/mol. The monoisotopic (exact) mass is 502 g/mol. The predicted molar refractivity (Wildman–Crippen MR) is 151 cm³/mol. The van der Waals surface area contributed by atoms with Crippen molar-refractivity contribution in [1.29, 1.82) is 0 Å². The Morgan fingerprint density at radius 1 is 0.556 bits per heavy atom. The van der Waals surface area contributed by atoms with Gasteiger partial charge in [0.05, 0.1) is 0 Å². The summed E-state index contributed by atoms with van der Waals surface area (Å²) in [5, 5.41) is 0. The first-order chi connectivity index (χ1) is 17.6. The number of hydrogen-bond acceptors (Lipinski definition) is 4. The fourth-order valence-electron chi connectivity index (χ4n) is 4.49. The number of para-hydroxylation sites is 1. The third-order valence-corrected chi connectivity index (χ3v) is 6.77. The lowest BCUT2D eigenvalue weighted by atomic mass is 10.0. The molecule has 0 saturated heterocycles. The maximum absolute atomic E-state index is 12.7. The van der Waals surface area contributed by atoms with Crippen molar-refractivity contribution >= 4 is 11.9 Å². The zero-order valence-electron chi connectivity index (χ0n) is 23.7. The highest BCUT2D eigenvalue weighted by Crippen LogP contribution is 2.33. The van der Waals surface area contributed by atoms with E-state index in [-0.39, 0.29) is 11.9 Å². The SMILES string of the molecule is CCCCCCCCCC(=O)Oc1cccc(CCCCCC)c1OC(=O)CCCCCCCCC. The molecule has 0 radical (unpaired) electrons.